The average molecular weight is 507 g/mol. The van der Waals surface area contributed by atoms with Crippen molar-refractivity contribution in [1.29, 1.82) is 0 Å². The Kier molecular flexibility index (Phi) is 7.72. The lowest BCUT2D eigenvalue weighted by atomic mass is 9.75. The lowest BCUT2D eigenvalue weighted by molar-refractivity contribution is -0.154. The molecule has 3 aromatic carbocycles. The molecule has 0 unspecified atom stereocenters. The van der Waals surface area contributed by atoms with Crippen molar-refractivity contribution in [2.75, 3.05) is 23.8 Å². The second-order valence-corrected chi connectivity index (χ2v) is 9.43. The van der Waals surface area contributed by atoms with E-state index in [9.17, 15) is 19.5 Å². The van der Waals surface area contributed by atoms with Gasteiger partial charge in [-0.3, -0.25) is 9.59 Å². The molecule has 3 N–H and O–H groups in total. The molecule has 3 aromatic rings. The third-order valence-corrected chi connectivity index (χ3v) is 6.76. The monoisotopic (exact) mass is 506 g/mol. The number of hydrogen-bond acceptors (Lipinski definition) is 4. The topological polar surface area (TPSA) is 105 Å². The molecule has 0 radical (unpaired) electrons. The lowest BCUT2D eigenvalue weighted by Crippen LogP contribution is -2.39. The minimum atomic E-state index is -1.06. The van der Waals surface area contributed by atoms with Gasteiger partial charge in [0.15, 0.2) is 5.78 Å². The van der Waals surface area contributed by atoms with Crippen molar-refractivity contribution in [2.24, 2.45) is 5.41 Å². The Bertz CT molecular complexity index is 1270. The van der Waals surface area contributed by atoms with Crippen LogP contribution >= 0.6 is 11.6 Å². The largest absolute Gasteiger partial charge is 0.481 e. The summed E-state index contributed by atoms with van der Waals surface area (Å²) in [5, 5.41) is 15.9. The number of Topliss-reactive ketones (excluding diaryl/α,β-unsaturated/α-hetero) is 1. The molecule has 0 aliphatic carbocycles. The van der Waals surface area contributed by atoms with E-state index in [0.717, 1.165) is 16.7 Å². The van der Waals surface area contributed by atoms with E-state index in [-0.39, 0.29) is 18.2 Å². The molecule has 0 spiro atoms. The van der Waals surface area contributed by atoms with Gasteiger partial charge in [-0.15, -0.1) is 0 Å². The first-order chi connectivity index (χ1) is 17.3. The van der Waals surface area contributed by atoms with Gasteiger partial charge >= 0.3 is 12.0 Å². The summed E-state index contributed by atoms with van der Waals surface area (Å²) in [6.07, 6.45) is 0.636. The van der Waals surface area contributed by atoms with E-state index in [2.05, 4.69) is 10.6 Å². The molecule has 0 saturated carbocycles. The molecule has 1 heterocycles. The van der Waals surface area contributed by atoms with E-state index in [0.29, 0.717) is 48.0 Å². The van der Waals surface area contributed by atoms with Crippen molar-refractivity contribution in [3.8, 4) is 11.1 Å². The van der Waals surface area contributed by atoms with E-state index in [1.165, 1.54) is 0 Å². The van der Waals surface area contributed by atoms with Crippen molar-refractivity contribution in [3.05, 3.63) is 82.9 Å². The fourth-order valence-electron chi connectivity index (χ4n) is 4.28. The van der Waals surface area contributed by atoms with Crippen molar-refractivity contribution in [3.63, 3.8) is 0 Å². The molecular formula is C28H27ClN2O5. The molecule has 8 heteroatoms. The van der Waals surface area contributed by atoms with Gasteiger partial charge in [0.05, 0.1) is 5.41 Å². The van der Waals surface area contributed by atoms with Crippen LogP contribution in [0.3, 0.4) is 0 Å². The first kappa shape index (κ1) is 25.4. The lowest BCUT2D eigenvalue weighted by Gasteiger charge is -2.32. The molecule has 7 nitrogen and oxygen atoms in total. The molecule has 1 aliphatic heterocycles. The molecule has 1 saturated heterocycles. The van der Waals surface area contributed by atoms with E-state index in [1.54, 1.807) is 42.5 Å². The highest BCUT2D eigenvalue weighted by Gasteiger charge is 2.42. The summed E-state index contributed by atoms with van der Waals surface area (Å²) in [6.45, 7) is 2.57. The zero-order chi connectivity index (χ0) is 25.7. The van der Waals surface area contributed by atoms with E-state index >= 15 is 0 Å². The second kappa shape index (κ2) is 10.9. The minimum absolute atomic E-state index is 0.0387. The highest BCUT2D eigenvalue weighted by molar-refractivity contribution is 6.30. The standard InChI is InChI=1S/C28H27ClN2O5/c1-18-16-22(29)8-11-24(18)31-27(35)30-23-9-6-20(7-10-23)19-2-4-21(5-3-19)25(32)17-28(26(33)34)12-14-36-15-13-28/h2-11,16H,12-15,17H2,1H3,(H,33,34)(H2,30,31,35). The number of carboxylic acids is 1. The molecule has 36 heavy (non-hydrogen) atoms. The smallest absolute Gasteiger partial charge is 0.323 e. The summed E-state index contributed by atoms with van der Waals surface area (Å²) >= 11 is 5.96. The van der Waals surface area contributed by atoms with Crippen LogP contribution in [0.1, 0.15) is 35.2 Å². The maximum absolute atomic E-state index is 12.8. The molecule has 1 aliphatic rings. The van der Waals surface area contributed by atoms with Crippen LogP contribution in [0, 0.1) is 12.3 Å². The Morgan fingerprint density at radius 2 is 1.53 bits per heavy atom. The second-order valence-electron chi connectivity index (χ2n) is 8.99. The number of benzene rings is 3. The van der Waals surface area contributed by atoms with Gasteiger partial charge in [0, 0.05) is 41.6 Å². The van der Waals surface area contributed by atoms with Crippen LogP contribution in [0.4, 0.5) is 16.2 Å². The number of ketones is 1. The molecule has 2 amide bonds. The van der Waals surface area contributed by atoms with E-state index in [1.807, 2.05) is 31.2 Å². The number of carbonyl (C=O) groups excluding carboxylic acids is 2. The van der Waals surface area contributed by atoms with Gasteiger partial charge in [-0.05, 0) is 66.8 Å². The Morgan fingerprint density at radius 1 is 0.917 bits per heavy atom. The zero-order valence-corrected chi connectivity index (χ0v) is 20.6. The van der Waals surface area contributed by atoms with Gasteiger partial charge in [-0.1, -0.05) is 48.0 Å². The molecule has 0 bridgehead atoms. The number of urea groups is 1. The van der Waals surface area contributed by atoms with E-state index < -0.39 is 11.4 Å². The number of halogens is 1. The normalized spacial score (nSPS) is 14.6. The number of rotatable bonds is 7. The molecule has 0 atom stereocenters. The SMILES string of the molecule is Cc1cc(Cl)ccc1NC(=O)Nc1ccc(-c2ccc(C(=O)CC3(C(=O)O)CCOCC3)cc2)cc1. The van der Waals surface area contributed by atoms with Gasteiger partial charge in [-0.25, -0.2) is 4.79 Å². The summed E-state index contributed by atoms with van der Waals surface area (Å²) < 4.78 is 5.29. The molecular weight excluding hydrogens is 480 g/mol. The number of carboxylic acid groups (broad SMARTS) is 1. The van der Waals surface area contributed by atoms with Crippen molar-refractivity contribution < 1.29 is 24.2 Å². The number of carbonyl (C=O) groups is 3. The highest BCUT2D eigenvalue weighted by Crippen LogP contribution is 2.36. The first-order valence-corrected chi connectivity index (χ1v) is 12.0. The molecule has 4 rings (SSSR count). The van der Waals surface area contributed by atoms with Gasteiger partial charge < -0.3 is 20.5 Å². The molecule has 186 valence electrons. The summed E-state index contributed by atoms with van der Waals surface area (Å²) in [6, 6.07) is 19.3. The number of nitrogens with one attached hydrogen (secondary N) is 2. The number of aryl methyl sites for hydroxylation is 1. The maximum atomic E-state index is 12.8. The third kappa shape index (κ3) is 5.93. The quantitative estimate of drug-likeness (QED) is 0.321. The summed E-state index contributed by atoms with van der Waals surface area (Å²) in [4.78, 5) is 37.0. The number of anilines is 2. The summed E-state index contributed by atoms with van der Waals surface area (Å²) in [5.74, 6) is -1.13. The van der Waals surface area contributed by atoms with Crippen LogP contribution in [0.25, 0.3) is 11.1 Å². The summed E-state index contributed by atoms with van der Waals surface area (Å²) in [5.41, 5.74) is 3.41. The van der Waals surface area contributed by atoms with Gasteiger partial charge in [0.1, 0.15) is 0 Å². The molecule has 0 aromatic heterocycles. The Balaban J connectivity index is 1.38. The number of aliphatic carboxylic acids is 1. The predicted octanol–water partition coefficient (Wildman–Crippen LogP) is 6.41. The fourth-order valence-corrected chi connectivity index (χ4v) is 4.51. The van der Waals surface area contributed by atoms with Crippen LogP contribution in [0.15, 0.2) is 66.7 Å². The highest BCUT2D eigenvalue weighted by atomic mass is 35.5. The maximum Gasteiger partial charge on any atom is 0.323 e. The van der Waals surface area contributed by atoms with E-state index in [4.69, 9.17) is 16.3 Å². The summed E-state index contributed by atoms with van der Waals surface area (Å²) in [7, 11) is 0. The van der Waals surface area contributed by atoms with Gasteiger partial charge in [0.25, 0.3) is 0 Å². The van der Waals surface area contributed by atoms with Crippen molar-refractivity contribution >= 4 is 40.8 Å². The van der Waals surface area contributed by atoms with Crippen molar-refractivity contribution in [2.45, 2.75) is 26.2 Å². The minimum Gasteiger partial charge on any atom is -0.481 e. The Morgan fingerprint density at radius 3 is 2.11 bits per heavy atom. The average Bonchev–Trinajstić information content (AvgIpc) is 2.87. The van der Waals surface area contributed by atoms with Crippen LogP contribution < -0.4 is 10.6 Å². The van der Waals surface area contributed by atoms with Crippen molar-refractivity contribution in [1.82, 2.24) is 0 Å². The Labute approximate surface area is 214 Å². The predicted molar refractivity (Wildman–Crippen MR) is 140 cm³/mol. The third-order valence-electron chi connectivity index (χ3n) is 6.52. The van der Waals surface area contributed by atoms with Crippen LogP contribution in [-0.4, -0.2) is 36.1 Å². The Hall–Kier alpha value is -3.68. The zero-order valence-electron chi connectivity index (χ0n) is 19.8. The number of hydrogen-bond donors (Lipinski definition) is 3. The van der Waals surface area contributed by atoms with Crippen LogP contribution in [0.2, 0.25) is 5.02 Å². The van der Waals surface area contributed by atoms with Crippen LogP contribution in [0.5, 0.6) is 0 Å². The fraction of sp³-hybridized carbons (Fsp3) is 0.250. The number of amides is 2. The van der Waals surface area contributed by atoms with Crippen LogP contribution in [-0.2, 0) is 9.53 Å². The van der Waals surface area contributed by atoms with Gasteiger partial charge in [0.2, 0.25) is 0 Å². The van der Waals surface area contributed by atoms with Gasteiger partial charge in [-0.2, -0.15) is 0 Å². The first-order valence-electron chi connectivity index (χ1n) is 11.6. The number of ether oxygens (including phenoxy) is 1. The molecule has 1 fully saturated rings.